The molecule has 0 rings (SSSR count). The minimum atomic E-state index is -0.780. The highest BCUT2D eigenvalue weighted by Gasteiger charge is 2.24. The average Bonchev–Trinajstić information content (AvgIpc) is 1.82. The fourth-order valence-electron chi connectivity index (χ4n) is 1.30. The van der Waals surface area contributed by atoms with Gasteiger partial charge in [-0.1, -0.05) is 37.1 Å². The number of rotatable bonds is 3. The van der Waals surface area contributed by atoms with Gasteiger partial charge >= 0.3 is 0 Å². The summed E-state index contributed by atoms with van der Waals surface area (Å²) in [5.41, 5.74) is 1.51. The molecule has 0 unspecified atom stereocenters. The molecule has 0 aliphatic heterocycles. The maximum atomic E-state index is 10.3. The minimum Gasteiger partial charge on any atom is -0.381 e. The monoisotopic (exact) mass is 182 g/mol. The smallest absolute Gasteiger partial charge is 0.104 e. The molecular formula is C12H22O. The summed E-state index contributed by atoms with van der Waals surface area (Å²) in [5, 5.41) is 10.3. The van der Waals surface area contributed by atoms with Gasteiger partial charge in [0.15, 0.2) is 0 Å². The van der Waals surface area contributed by atoms with Crippen molar-refractivity contribution in [2.45, 2.75) is 47.1 Å². The molecule has 13 heavy (non-hydrogen) atoms. The van der Waals surface area contributed by atoms with Crippen molar-refractivity contribution < 1.29 is 5.11 Å². The Balaban J connectivity index is 4.97. The summed E-state index contributed by atoms with van der Waals surface area (Å²) in [6.07, 6.45) is 3.84. The Morgan fingerprint density at radius 2 is 1.31 bits per heavy atom. The zero-order chi connectivity index (χ0) is 10.6. The summed E-state index contributed by atoms with van der Waals surface area (Å²) in [5.74, 6) is 0.206. The summed E-state index contributed by atoms with van der Waals surface area (Å²) in [6, 6.07) is 0. The Morgan fingerprint density at radius 1 is 1.00 bits per heavy atom. The first kappa shape index (κ1) is 12.4. The maximum Gasteiger partial charge on any atom is 0.104 e. The SMILES string of the molecule is CC(C)=CC(O)(C=C(C)C)C(C)C. The molecule has 0 aliphatic carbocycles. The van der Waals surface area contributed by atoms with Crippen LogP contribution in [0, 0.1) is 5.92 Å². The van der Waals surface area contributed by atoms with Gasteiger partial charge < -0.3 is 5.11 Å². The number of hydrogen-bond acceptors (Lipinski definition) is 1. The molecule has 1 nitrogen and oxygen atoms in total. The van der Waals surface area contributed by atoms with E-state index in [4.69, 9.17) is 0 Å². The molecule has 1 heteroatoms. The molecule has 0 aromatic carbocycles. The molecule has 0 aromatic heterocycles. The van der Waals surface area contributed by atoms with Gasteiger partial charge in [-0.05, 0) is 33.6 Å². The molecule has 0 heterocycles. The number of aliphatic hydroxyl groups is 1. The lowest BCUT2D eigenvalue weighted by Crippen LogP contribution is -2.30. The van der Waals surface area contributed by atoms with Crippen LogP contribution in [0.15, 0.2) is 23.3 Å². The van der Waals surface area contributed by atoms with Crippen molar-refractivity contribution in [1.29, 1.82) is 0 Å². The van der Waals surface area contributed by atoms with Gasteiger partial charge in [0, 0.05) is 0 Å². The molecule has 0 radical (unpaired) electrons. The first-order chi connectivity index (χ1) is 5.78. The molecule has 0 atom stereocenters. The van der Waals surface area contributed by atoms with Gasteiger partial charge in [-0.15, -0.1) is 0 Å². The second kappa shape index (κ2) is 4.61. The predicted octanol–water partition coefficient (Wildman–Crippen LogP) is 3.31. The first-order valence-electron chi connectivity index (χ1n) is 4.82. The van der Waals surface area contributed by atoms with Gasteiger partial charge in [-0.25, -0.2) is 0 Å². The van der Waals surface area contributed by atoms with Crippen LogP contribution in [0.25, 0.3) is 0 Å². The third kappa shape index (κ3) is 4.28. The number of allylic oxidation sites excluding steroid dienone is 2. The molecule has 0 amide bonds. The van der Waals surface area contributed by atoms with E-state index in [0.29, 0.717) is 0 Å². The van der Waals surface area contributed by atoms with Crippen molar-refractivity contribution in [1.82, 2.24) is 0 Å². The van der Waals surface area contributed by atoms with Crippen molar-refractivity contribution >= 4 is 0 Å². The van der Waals surface area contributed by atoms with Gasteiger partial charge in [0.05, 0.1) is 0 Å². The summed E-state index contributed by atoms with van der Waals surface area (Å²) >= 11 is 0. The largest absolute Gasteiger partial charge is 0.381 e. The van der Waals surface area contributed by atoms with Gasteiger partial charge in [0.2, 0.25) is 0 Å². The highest BCUT2D eigenvalue weighted by atomic mass is 16.3. The van der Waals surface area contributed by atoms with Crippen molar-refractivity contribution in [2.24, 2.45) is 5.92 Å². The molecule has 76 valence electrons. The van der Waals surface area contributed by atoms with Gasteiger partial charge in [0.1, 0.15) is 5.60 Å². The lowest BCUT2D eigenvalue weighted by Gasteiger charge is -2.26. The normalized spacial score (nSPS) is 11.4. The van der Waals surface area contributed by atoms with Crippen molar-refractivity contribution in [3.63, 3.8) is 0 Å². The van der Waals surface area contributed by atoms with E-state index in [1.165, 1.54) is 0 Å². The zero-order valence-electron chi connectivity index (χ0n) is 9.68. The van der Waals surface area contributed by atoms with Crippen molar-refractivity contribution in [3.8, 4) is 0 Å². The lowest BCUT2D eigenvalue weighted by atomic mass is 9.87. The molecule has 0 fully saturated rings. The van der Waals surface area contributed by atoms with E-state index in [1.807, 2.05) is 53.7 Å². The molecule has 0 spiro atoms. The quantitative estimate of drug-likeness (QED) is 0.664. The Hall–Kier alpha value is -0.560. The number of hydrogen-bond donors (Lipinski definition) is 1. The summed E-state index contributed by atoms with van der Waals surface area (Å²) < 4.78 is 0. The van der Waals surface area contributed by atoms with Gasteiger partial charge in [-0.3, -0.25) is 0 Å². The topological polar surface area (TPSA) is 20.2 Å². The summed E-state index contributed by atoms with van der Waals surface area (Å²) in [4.78, 5) is 0. The molecular weight excluding hydrogens is 160 g/mol. The third-order valence-electron chi connectivity index (χ3n) is 1.96. The van der Waals surface area contributed by atoms with E-state index in [2.05, 4.69) is 0 Å². The lowest BCUT2D eigenvalue weighted by molar-refractivity contribution is 0.0906. The van der Waals surface area contributed by atoms with E-state index in [9.17, 15) is 5.11 Å². The minimum absolute atomic E-state index is 0.206. The highest BCUT2D eigenvalue weighted by molar-refractivity contribution is 5.20. The Morgan fingerprint density at radius 3 is 1.46 bits per heavy atom. The predicted molar refractivity (Wildman–Crippen MR) is 58.6 cm³/mol. The molecule has 0 aliphatic rings. The van der Waals surface area contributed by atoms with Crippen LogP contribution in [0.1, 0.15) is 41.5 Å². The van der Waals surface area contributed by atoms with Crippen LogP contribution < -0.4 is 0 Å². The van der Waals surface area contributed by atoms with E-state index in [0.717, 1.165) is 11.1 Å². The van der Waals surface area contributed by atoms with Crippen LogP contribution in [0.3, 0.4) is 0 Å². The molecule has 0 saturated carbocycles. The second-order valence-corrected chi connectivity index (χ2v) is 4.49. The van der Waals surface area contributed by atoms with Crippen LogP contribution in [-0.2, 0) is 0 Å². The second-order valence-electron chi connectivity index (χ2n) is 4.49. The molecule has 1 N–H and O–H groups in total. The van der Waals surface area contributed by atoms with Crippen LogP contribution in [0.4, 0.5) is 0 Å². The van der Waals surface area contributed by atoms with Crippen LogP contribution >= 0.6 is 0 Å². The summed E-state index contributed by atoms with van der Waals surface area (Å²) in [6.45, 7) is 12.1. The Bertz CT molecular complexity index is 195. The molecule has 0 bridgehead atoms. The molecule has 0 aromatic rings. The van der Waals surface area contributed by atoms with Gasteiger partial charge in [0.25, 0.3) is 0 Å². The van der Waals surface area contributed by atoms with Crippen LogP contribution in [0.5, 0.6) is 0 Å². The Kier molecular flexibility index (Phi) is 4.41. The van der Waals surface area contributed by atoms with E-state index < -0.39 is 5.60 Å². The van der Waals surface area contributed by atoms with E-state index in [1.54, 1.807) is 0 Å². The fourth-order valence-corrected chi connectivity index (χ4v) is 1.30. The Labute approximate surface area is 82.2 Å². The van der Waals surface area contributed by atoms with E-state index in [-0.39, 0.29) is 5.92 Å². The maximum absolute atomic E-state index is 10.3. The third-order valence-corrected chi connectivity index (χ3v) is 1.96. The molecule has 0 saturated heterocycles. The summed E-state index contributed by atoms with van der Waals surface area (Å²) in [7, 11) is 0. The standard InChI is InChI=1S/C12H22O/c1-9(2)7-12(13,11(5)6)8-10(3)4/h7-8,11,13H,1-6H3. The van der Waals surface area contributed by atoms with Crippen LogP contribution in [0.2, 0.25) is 0 Å². The highest BCUT2D eigenvalue weighted by Crippen LogP contribution is 2.23. The van der Waals surface area contributed by atoms with Crippen molar-refractivity contribution in [2.75, 3.05) is 0 Å². The van der Waals surface area contributed by atoms with Crippen molar-refractivity contribution in [3.05, 3.63) is 23.3 Å². The fraction of sp³-hybridized carbons (Fsp3) is 0.667. The zero-order valence-corrected chi connectivity index (χ0v) is 9.68. The van der Waals surface area contributed by atoms with E-state index >= 15 is 0 Å². The van der Waals surface area contributed by atoms with Crippen LogP contribution in [-0.4, -0.2) is 10.7 Å². The van der Waals surface area contributed by atoms with Gasteiger partial charge in [-0.2, -0.15) is 0 Å². The first-order valence-corrected chi connectivity index (χ1v) is 4.82. The average molecular weight is 182 g/mol.